The van der Waals surface area contributed by atoms with Gasteiger partial charge in [-0.25, -0.2) is 4.98 Å². The van der Waals surface area contributed by atoms with Gasteiger partial charge in [-0.15, -0.1) is 0 Å². The smallest absolute Gasteiger partial charge is 0.213 e. The van der Waals surface area contributed by atoms with Crippen molar-refractivity contribution in [2.24, 2.45) is 0 Å². The molecule has 2 aromatic rings. The monoisotopic (exact) mass is 217 g/mol. The highest BCUT2D eigenvalue weighted by Gasteiger charge is 2.10. The van der Waals surface area contributed by atoms with E-state index in [0.717, 1.165) is 22.5 Å². The summed E-state index contributed by atoms with van der Waals surface area (Å²) in [7, 11) is 1.61. The number of ether oxygens (including phenoxy) is 1. The molecule has 0 spiro atoms. The summed E-state index contributed by atoms with van der Waals surface area (Å²) in [6.07, 6.45) is 1.84. The summed E-state index contributed by atoms with van der Waals surface area (Å²) < 4.78 is 6.70. The summed E-state index contributed by atoms with van der Waals surface area (Å²) in [5.41, 5.74) is 4.07. The van der Waals surface area contributed by atoms with Crippen molar-refractivity contribution in [1.29, 1.82) is 0 Å². The molecule has 2 rings (SSSR count). The quantitative estimate of drug-likeness (QED) is 0.781. The number of nitrogen functional groups attached to an aromatic ring is 1. The maximum atomic E-state index is 5.87. The molecule has 0 aliphatic rings. The molecule has 0 amide bonds. The normalized spacial score (nSPS) is 10.4. The van der Waals surface area contributed by atoms with Gasteiger partial charge < -0.3 is 10.6 Å². The SMILES string of the molecule is COc1ccc(-c2c(C)ccn2N)c(C)n1. The van der Waals surface area contributed by atoms with E-state index in [4.69, 9.17) is 10.6 Å². The van der Waals surface area contributed by atoms with E-state index < -0.39 is 0 Å². The van der Waals surface area contributed by atoms with Gasteiger partial charge in [0.1, 0.15) is 0 Å². The van der Waals surface area contributed by atoms with E-state index >= 15 is 0 Å². The molecule has 4 heteroatoms. The fourth-order valence-corrected chi connectivity index (χ4v) is 1.80. The number of pyridine rings is 1. The van der Waals surface area contributed by atoms with Crippen LogP contribution in [0.5, 0.6) is 5.88 Å². The number of hydrogen-bond donors (Lipinski definition) is 1. The molecule has 0 saturated heterocycles. The van der Waals surface area contributed by atoms with E-state index in [0.29, 0.717) is 5.88 Å². The van der Waals surface area contributed by atoms with Gasteiger partial charge in [0.2, 0.25) is 5.88 Å². The van der Waals surface area contributed by atoms with Crippen LogP contribution < -0.4 is 10.6 Å². The molecule has 2 aromatic heterocycles. The highest BCUT2D eigenvalue weighted by atomic mass is 16.5. The maximum Gasteiger partial charge on any atom is 0.213 e. The molecule has 2 heterocycles. The van der Waals surface area contributed by atoms with E-state index in [9.17, 15) is 0 Å². The Morgan fingerprint density at radius 1 is 1.25 bits per heavy atom. The van der Waals surface area contributed by atoms with Gasteiger partial charge in [-0.2, -0.15) is 0 Å². The lowest BCUT2D eigenvalue weighted by Crippen LogP contribution is -2.09. The van der Waals surface area contributed by atoms with E-state index in [1.165, 1.54) is 0 Å². The Labute approximate surface area is 94.6 Å². The molecule has 16 heavy (non-hydrogen) atoms. The summed E-state index contributed by atoms with van der Waals surface area (Å²) in [4.78, 5) is 4.34. The minimum absolute atomic E-state index is 0.619. The maximum absolute atomic E-state index is 5.87. The van der Waals surface area contributed by atoms with Gasteiger partial charge in [-0.05, 0) is 31.5 Å². The van der Waals surface area contributed by atoms with Crippen LogP contribution in [0.25, 0.3) is 11.3 Å². The summed E-state index contributed by atoms with van der Waals surface area (Å²) in [6, 6.07) is 5.81. The molecule has 0 saturated carbocycles. The van der Waals surface area contributed by atoms with Crippen molar-refractivity contribution in [2.45, 2.75) is 13.8 Å². The predicted octanol–water partition coefficient (Wildman–Crippen LogP) is 1.89. The van der Waals surface area contributed by atoms with Crippen molar-refractivity contribution in [3.63, 3.8) is 0 Å². The molecule has 84 valence electrons. The first-order valence-corrected chi connectivity index (χ1v) is 5.08. The zero-order valence-corrected chi connectivity index (χ0v) is 9.69. The van der Waals surface area contributed by atoms with Crippen LogP contribution in [0.3, 0.4) is 0 Å². The van der Waals surface area contributed by atoms with Gasteiger partial charge in [-0.1, -0.05) is 0 Å². The molecule has 0 unspecified atom stereocenters. The second-order valence-electron chi connectivity index (χ2n) is 3.74. The van der Waals surface area contributed by atoms with Crippen molar-refractivity contribution >= 4 is 0 Å². The molecule has 4 nitrogen and oxygen atoms in total. The van der Waals surface area contributed by atoms with Crippen molar-refractivity contribution in [1.82, 2.24) is 9.66 Å². The molecule has 0 aliphatic carbocycles. The molecule has 0 radical (unpaired) electrons. The van der Waals surface area contributed by atoms with E-state index in [2.05, 4.69) is 4.98 Å². The molecule has 0 bridgehead atoms. The first kappa shape index (κ1) is 10.5. The number of methoxy groups -OCH3 is 1. The van der Waals surface area contributed by atoms with Crippen LogP contribution in [0.15, 0.2) is 24.4 Å². The van der Waals surface area contributed by atoms with Gasteiger partial charge in [0, 0.05) is 17.8 Å². The van der Waals surface area contributed by atoms with Crippen LogP contribution in [-0.4, -0.2) is 16.8 Å². The number of aryl methyl sites for hydroxylation is 2. The van der Waals surface area contributed by atoms with Gasteiger partial charge in [0.15, 0.2) is 0 Å². The van der Waals surface area contributed by atoms with Crippen LogP contribution in [0.4, 0.5) is 0 Å². The molecule has 2 N–H and O–H groups in total. The summed E-state index contributed by atoms with van der Waals surface area (Å²) in [6.45, 7) is 3.98. The summed E-state index contributed by atoms with van der Waals surface area (Å²) in [5, 5.41) is 0. The Bertz CT molecular complexity index is 497. The lowest BCUT2D eigenvalue weighted by atomic mass is 10.1. The number of aromatic nitrogens is 2. The first-order chi connectivity index (χ1) is 7.63. The lowest BCUT2D eigenvalue weighted by molar-refractivity contribution is 0.397. The van der Waals surface area contributed by atoms with Crippen LogP contribution in [0.1, 0.15) is 11.3 Å². The molecule has 0 aliphatic heterocycles. The van der Waals surface area contributed by atoms with Gasteiger partial charge in [0.05, 0.1) is 18.5 Å². The van der Waals surface area contributed by atoms with Gasteiger partial charge in [0.25, 0.3) is 0 Å². The van der Waals surface area contributed by atoms with Crippen molar-refractivity contribution in [2.75, 3.05) is 13.0 Å². The number of hydrogen-bond acceptors (Lipinski definition) is 3. The third-order valence-corrected chi connectivity index (χ3v) is 2.64. The van der Waals surface area contributed by atoms with Crippen molar-refractivity contribution < 1.29 is 4.74 Å². The average molecular weight is 217 g/mol. The van der Waals surface area contributed by atoms with Gasteiger partial charge >= 0.3 is 0 Å². The highest BCUT2D eigenvalue weighted by molar-refractivity contribution is 5.66. The van der Waals surface area contributed by atoms with E-state index in [1.807, 2.05) is 38.2 Å². The first-order valence-electron chi connectivity index (χ1n) is 5.08. The highest BCUT2D eigenvalue weighted by Crippen LogP contribution is 2.26. The average Bonchev–Trinajstić information content (AvgIpc) is 2.59. The van der Waals surface area contributed by atoms with Crippen LogP contribution in [-0.2, 0) is 0 Å². The van der Waals surface area contributed by atoms with Crippen LogP contribution in [0, 0.1) is 13.8 Å². The fraction of sp³-hybridized carbons (Fsp3) is 0.250. The minimum Gasteiger partial charge on any atom is -0.481 e. The Morgan fingerprint density at radius 3 is 2.50 bits per heavy atom. The topological polar surface area (TPSA) is 53.1 Å². The van der Waals surface area contributed by atoms with E-state index in [1.54, 1.807) is 11.8 Å². The summed E-state index contributed by atoms with van der Waals surface area (Å²) in [5.74, 6) is 6.49. The molecule has 0 atom stereocenters. The standard InChI is InChI=1S/C12H15N3O/c1-8-6-7-15(13)12(8)10-4-5-11(16-3)14-9(10)2/h4-7H,13H2,1-3H3. The van der Waals surface area contributed by atoms with Crippen LogP contribution >= 0.6 is 0 Å². The predicted molar refractivity (Wildman–Crippen MR) is 63.8 cm³/mol. The van der Waals surface area contributed by atoms with Crippen LogP contribution in [0.2, 0.25) is 0 Å². The Balaban J connectivity index is 2.57. The zero-order valence-electron chi connectivity index (χ0n) is 9.69. The summed E-state index contributed by atoms with van der Waals surface area (Å²) >= 11 is 0. The molecule has 0 fully saturated rings. The minimum atomic E-state index is 0.619. The zero-order chi connectivity index (χ0) is 11.7. The second kappa shape index (κ2) is 3.89. The number of nitrogens with zero attached hydrogens (tertiary/aromatic N) is 2. The third kappa shape index (κ3) is 1.62. The molecular weight excluding hydrogens is 202 g/mol. The van der Waals surface area contributed by atoms with Crippen molar-refractivity contribution in [3.05, 3.63) is 35.7 Å². The number of nitrogens with two attached hydrogens (primary N) is 1. The lowest BCUT2D eigenvalue weighted by Gasteiger charge is -2.09. The van der Waals surface area contributed by atoms with E-state index in [-0.39, 0.29) is 0 Å². The van der Waals surface area contributed by atoms with Crippen molar-refractivity contribution in [3.8, 4) is 17.1 Å². The molecule has 0 aromatic carbocycles. The number of rotatable bonds is 2. The largest absolute Gasteiger partial charge is 0.481 e. The molecular formula is C12H15N3O. The Kier molecular flexibility index (Phi) is 2.56. The second-order valence-corrected chi connectivity index (χ2v) is 3.74. The third-order valence-electron chi connectivity index (χ3n) is 2.64. The Morgan fingerprint density at radius 2 is 2.00 bits per heavy atom. The fourth-order valence-electron chi connectivity index (χ4n) is 1.80. The van der Waals surface area contributed by atoms with Gasteiger partial charge in [-0.3, -0.25) is 4.68 Å². The Hall–Kier alpha value is -1.97.